The average molecular weight is 537 g/mol. The van der Waals surface area contributed by atoms with E-state index in [2.05, 4.69) is 27.3 Å². The highest BCUT2D eigenvalue weighted by Crippen LogP contribution is 2.47. The second-order valence-electron chi connectivity index (χ2n) is 7.24. The zero-order valence-electron chi connectivity index (χ0n) is 15.6. The van der Waals surface area contributed by atoms with Crippen LogP contribution in [-0.2, 0) is 23.5 Å². The van der Waals surface area contributed by atoms with Crippen molar-refractivity contribution in [3.63, 3.8) is 0 Å². The lowest BCUT2D eigenvalue weighted by atomic mass is 10.0. The van der Waals surface area contributed by atoms with Crippen LogP contribution in [0.4, 0.5) is 5.69 Å². The smallest absolute Gasteiger partial charge is 0.253 e. The summed E-state index contributed by atoms with van der Waals surface area (Å²) in [5.41, 5.74) is 2.09. The molecule has 0 spiro atoms. The number of aromatic nitrogens is 1. The van der Waals surface area contributed by atoms with Crippen LogP contribution in [0.5, 0.6) is 0 Å². The van der Waals surface area contributed by atoms with Gasteiger partial charge in [0.25, 0.3) is 5.56 Å². The van der Waals surface area contributed by atoms with Crippen LogP contribution in [0.15, 0.2) is 29.2 Å². The summed E-state index contributed by atoms with van der Waals surface area (Å²) < 4.78 is 30.1. The van der Waals surface area contributed by atoms with E-state index in [-0.39, 0.29) is 18.6 Å². The number of nitrogens with zero attached hydrogens (tertiary/aromatic N) is 1. The molecule has 6 nitrogen and oxygen atoms in total. The third kappa shape index (κ3) is 4.10. The van der Waals surface area contributed by atoms with Crippen LogP contribution in [-0.4, -0.2) is 29.4 Å². The van der Waals surface area contributed by atoms with Crippen LogP contribution in [0, 0.1) is 10.5 Å². The molecule has 1 aromatic carbocycles. The van der Waals surface area contributed by atoms with Crippen LogP contribution < -0.4 is 10.3 Å². The van der Waals surface area contributed by atoms with E-state index >= 15 is 0 Å². The largest absolute Gasteiger partial charge is 0.396 e. The van der Waals surface area contributed by atoms with Gasteiger partial charge >= 0.3 is 0 Å². The predicted molar refractivity (Wildman–Crippen MR) is 120 cm³/mol. The van der Waals surface area contributed by atoms with E-state index < -0.39 is 14.8 Å². The van der Waals surface area contributed by atoms with E-state index in [0.717, 1.165) is 9.13 Å². The molecule has 0 bridgehead atoms. The van der Waals surface area contributed by atoms with Gasteiger partial charge in [0, 0.05) is 40.4 Å². The van der Waals surface area contributed by atoms with E-state index in [1.54, 1.807) is 14.0 Å². The molecule has 0 saturated heterocycles. The van der Waals surface area contributed by atoms with E-state index in [4.69, 9.17) is 11.6 Å². The Balaban J connectivity index is 2.05. The van der Waals surface area contributed by atoms with Crippen molar-refractivity contribution in [2.75, 3.05) is 11.3 Å². The maximum Gasteiger partial charge on any atom is 0.253 e. The molecule has 2 aromatic rings. The summed E-state index contributed by atoms with van der Waals surface area (Å²) >= 11 is 8.53. The van der Waals surface area contributed by atoms with Gasteiger partial charge in [-0.3, -0.25) is 9.52 Å². The SMILES string of the molecule is Cc1c(Cc2ccc(I)cc2Cl)c(NS(=O)(=O)C2(CCO)CC2)cn(C)c1=O. The van der Waals surface area contributed by atoms with Crippen molar-refractivity contribution in [1.82, 2.24) is 4.57 Å². The number of nitrogens with one attached hydrogen (secondary N) is 1. The molecule has 1 aliphatic carbocycles. The fourth-order valence-electron chi connectivity index (χ4n) is 3.35. The summed E-state index contributed by atoms with van der Waals surface area (Å²) in [4.78, 5) is 12.5. The molecule has 0 unspecified atom stereocenters. The highest BCUT2D eigenvalue weighted by Gasteiger charge is 2.54. The van der Waals surface area contributed by atoms with Crippen molar-refractivity contribution in [1.29, 1.82) is 0 Å². The minimum absolute atomic E-state index is 0.182. The lowest BCUT2D eigenvalue weighted by molar-refractivity contribution is 0.283. The number of hydrogen-bond donors (Lipinski definition) is 2. The number of aliphatic hydroxyl groups excluding tert-OH is 1. The molecule has 1 saturated carbocycles. The lowest BCUT2D eigenvalue weighted by Crippen LogP contribution is -2.32. The number of rotatable bonds is 7. The van der Waals surface area contributed by atoms with E-state index in [0.29, 0.717) is 41.1 Å². The van der Waals surface area contributed by atoms with Gasteiger partial charge in [0.1, 0.15) is 0 Å². The Labute approximate surface area is 183 Å². The Morgan fingerprint density at radius 3 is 2.61 bits per heavy atom. The van der Waals surface area contributed by atoms with Gasteiger partial charge in [-0.05, 0) is 72.0 Å². The minimum Gasteiger partial charge on any atom is -0.396 e. The van der Waals surface area contributed by atoms with Crippen LogP contribution in [0.2, 0.25) is 5.02 Å². The zero-order chi connectivity index (χ0) is 20.7. The Morgan fingerprint density at radius 1 is 1.36 bits per heavy atom. The van der Waals surface area contributed by atoms with Crippen molar-refractivity contribution in [2.24, 2.45) is 7.05 Å². The number of anilines is 1. The van der Waals surface area contributed by atoms with Gasteiger partial charge in [0.2, 0.25) is 10.0 Å². The van der Waals surface area contributed by atoms with Crippen molar-refractivity contribution in [3.8, 4) is 0 Å². The quantitative estimate of drug-likeness (QED) is 0.532. The molecule has 2 N–H and O–H groups in total. The number of aliphatic hydroxyl groups is 1. The molecule has 1 aromatic heterocycles. The standard InChI is InChI=1S/C19H22ClIN2O4S/c1-12-15(9-13-3-4-14(21)10-16(13)20)17(11-23(2)18(12)25)22-28(26,27)19(5-6-19)7-8-24/h3-4,10-11,22,24H,5-9H2,1-2H3. The van der Waals surface area contributed by atoms with Crippen molar-refractivity contribution in [2.45, 2.75) is 37.4 Å². The summed E-state index contributed by atoms with van der Waals surface area (Å²) in [6, 6.07) is 5.63. The first-order chi connectivity index (χ1) is 13.1. The Bertz CT molecular complexity index is 1080. The third-order valence-electron chi connectivity index (χ3n) is 5.31. The van der Waals surface area contributed by atoms with Gasteiger partial charge in [0.15, 0.2) is 0 Å². The maximum absolute atomic E-state index is 13.0. The minimum atomic E-state index is -3.70. The summed E-state index contributed by atoms with van der Waals surface area (Å²) in [5, 5.41) is 9.81. The van der Waals surface area contributed by atoms with E-state index in [9.17, 15) is 18.3 Å². The Kier molecular flexibility index (Phi) is 6.15. The number of halogens is 2. The summed E-state index contributed by atoms with van der Waals surface area (Å²) in [5.74, 6) is 0. The molecule has 1 heterocycles. The second kappa shape index (κ2) is 7.97. The molecule has 1 fully saturated rings. The van der Waals surface area contributed by atoms with Gasteiger partial charge in [-0.25, -0.2) is 8.42 Å². The second-order valence-corrected chi connectivity index (χ2v) is 11.0. The summed E-state index contributed by atoms with van der Waals surface area (Å²) in [6.07, 6.45) is 3.09. The number of aryl methyl sites for hydroxylation is 1. The fraction of sp³-hybridized carbons (Fsp3) is 0.421. The first-order valence-corrected chi connectivity index (χ1v) is 11.8. The highest BCUT2D eigenvalue weighted by molar-refractivity contribution is 14.1. The first-order valence-electron chi connectivity index (χ1n) is 8.86. The monoisotopic (exact) mass is 536 g/mol. The van der Waals surface area contributed by atoms with Crippen LogP contribution >= 0.6 is 34.2 Å². The summed E-state index contributed by atoms with van der Waals surface area (Å²) in [7, 11) is -2.11. The number of hydrogen-bond acceptors (Lipinski definition) is 4. The number of benzene rings is 1. The van der Waals surface area contributed by atoms with E-state index in [1.807, 2.05) is 18.2 Å². The number of pyridine rings is 1. The molecule has 0 amide bonds. The van der Waals surface area contributed by atoms with Gasteiger partial charge in [-0.1, -0.05) is 17.7 Å². The molecule has 28 heavy (non-hydrogen) atoms. The predicted octanol–water partition coefficient (Wildman–Crippen LogP) is 3.20. The number of sulfonamides is 1. The first kappa shape index (κ1) is 21.6. The molecule has 0 atom stereocenters. The third-order valence-corrected chi connectivity index (χ3v) is 8.58. The van der Waals surface area contributed by atoms with E-state index in [1.165, 1.54) is 10.8 Å². The molecule has 152 valence electrons. The van der Waals surface area contributed by atoms with Crippen LogP contribution in [0.1, 0.15) is 36.0 Å². The van der Waals surface area contributed by atoms with Crippen molar-refractivity contribution >= 4 is 49.9 Å². The molecule has 1 aliphatic rings. The maximum atomic E-state index is 13.0. The molecular weight excluding hydrogens is 515 g/mol. The molecule has 3 rings (SSSR count). The van der Waals surface area contributed by atoms with Crippen molar-refractivity contribution in [3.05, 3.63) is 60.0 Å². The molecular formula is C19H22ClIN2O4S. The Hall–Kier alpha value is -1.10. The average Bonchev–Trinajstić information content (AvgIpc) is 3.40. The fourth-order valence-corrected chi connectivity index (χ4v) is 5.95. The van der Waals surface area contributed by atoms with Gasteiger partial charge in [-0.2, -0.15) is 0 Å². The zero-order valence-corrected chi connectivity index (χ0v) is 19.4. The topological polar surface area (TPSA) is 88.4 Å². The van der Waals surface area contributed by atoms with Gasteiger partial charge < -0.3 is 9.67 Å². The lowest BCUT2D eigenvalue weighted by Gasteiger charge is -2.21. The van der Waals surface area contributed by atoms with Crippen LogP contribution in [0.25, 0.3) is 0 Å². The van der Waals surface area contributed by atoms with Crippen LogP contribution in [0.3, 0.4) is 0 Å². The van der Waals surface area contributed by atoms with Gasteiger partial charge in [-0.15, -0.1) is 0 Å². The molecule has 9 heteroatoms. The van der Waals surface area contributed by atoms with Crippen molar-refractivity contribution < 1.29 is 13.5 Å². The molecule has 0 radical (unpaired) electrons. The highest BCUT2D eigenvalue weighted by atomic mass is 127. The Morgan fingerprint density at radius 2 is 2.04 bits per heavy atom. The van der Waals surface area contributed by atoms with Gasteiger partial charge in [0.05, 0.1) is 10.4 Å². The molecule has 0 aliphatic heterocycles. The normalized spacial score (nSPS) is 15.5. The summed E-state index contributed by atoms with van der Waals surface area (Å²) in [6.45, 7) is 1.51.